The molecule has 2 aromatic rings. The van der Waals surface area contributed by atoms with E-state index in [1.54, 1.807) is 6.07 Å². The molecule has 154 valence electrons. The van der Waals surface area contributed by atoms with E-state index < -0.39 is 11.9 Å². The molecule has 1 aliphatic heterocycles. The number of anilines is 1. The Bertz CT molecular complexity index is 1120. The standard InChI is InChI=1S/C23H22N2O5/c1-25(2)14-5-8-17-20(11-14)30-19-10-13(24)4-7-16(19)21(17)15-6-3-12(22(26)27)9-18(15)23(28)29/h3,5-6,8-9,11,19,24H,4,7,10H2,1-2H3,(H,26,27)(H,28,29). The molecular weight excluding hydrogens is 384 g/mol. The van der Waals surface area contributed by atoms with Gasteiger partial charge in [-0.1, -0.05) is 6.07 Å². The first-order valence-corrected chi connectivity index (χ1v) is 9.65. The van der Waals surface area contributed by atoms with Gasteiger partial charge in [0.15, 0.2) is 0 Å². The van der Waals surface area contributed by atoms with Gasteiger partial charge in [0, 0.05) is 43.5 Å². The third-order valence-electron chi connectivity index (χ3n) is 5.62. The Hall–Kier alpha value is -3.61. The third kappa shape index (κ3) is 3.32. The second-order valence-electron chi connectivity index (χ2n) is 7.76. The first kappa shape index (κ1) is 19.7. The molecule has 3 N–H and O–H groups in total. The maximum Gasteiger partial charge on any atom is 0.336 e. The first-order chi connectivity index (χ1) is 14.3. The van der Waals surface area contributed by atoms with Crippen molar-refractivity contribution in [3.63, 3.8) is 0 Å². The van der Waals surface area contributed by atoms with Gasteiger partial charge < -0.3 is 25.3 Å². The lowest BCUT2D eigenvalue weighted by molar-refractivity contribution is 0.0695. The number of carboxylic acid groups (broad SMARTS) is 2. The quantitative estimate of drug-likeness (QED) is 0.710. The number of carboxylic acids is 2. The van der Waals surface area contributed by atoms with E-state index in [9.17, 15) is 19.8 Å². The molecule has 2 aliphatic rings. The van der Waals surface area contributed by atoms with Crippen LogP contribution in [0.4, 0.5) is 5.69 Å². The lowest BCUT2D eigenvalue weighted by Crippen LogP contribution is -2.32. The van der Waals surface area contributed by atoms with Gasteiger partial charge in [-0.2, -0.15) is 0 Å². The van der Waals surface area contributed by atoms with Crippen LogP contribution in [0.5, 0.6) is 5.75 Å². The van der Waals surface area contributed by atoms with Crippen molar-refractivity contribution in [2.24, 2.45) is 0 Å². The summed E-state index contributed by atoms with van der Waals surface area (Å²) in [7, 11) is 3.85. The molecule has 0 amide bonds. The predicted molar refractivity (Wildman–Crippen MR) is 113 cm³/mol. The van der Waals surface area contributed by atoms with Gasteiger partial charge >= 0.3 is 11.9 Å². The number of benzene rings is 2. The van der Waals surface area contributed by atoms with Gasteiger partial charge in [0.25, 0.3) is 0 Å². The van der Waals surface area contributed by atoms with Crippen LogP contribution in [0.1, 0.15) is 51.1 Å². The average Bonchev–Trinajstić information content (AvgIpc) is 2.70. The van der Waals surface area contributed by atoms with Crippen LogP contribution in [0.3, 0.4) is 0 Å². The zero-order chi connectivity index (χ0) is 21.6. The summed E-state index contributed by atoms with van der Waals surface area (Å²) in [5.41, 5.74) is 4.42. The summed E-state index contributed by atoms with van der Waals surface area (Å²) in [6.45, 7) is 0. The Labute approximate surface area is 173 Å². The maximum absolute atomic E-state index is 12.0. The number of aromatic carboxylic acids is 2. The first-order valence-electron chi connectivity index (χ1n) is 9.65. The van der Waals surface area contributed by atoms with E-state index in [1.165, 1.54) is 12.1 Å². The molecule has 0 bridgehead atoms. The van der Waals surface area contributed by atoms with Crippen LogP contribution in [0, 0.1) is 5.41 Å². The van der Waals surface area contributed by atoms with Crippen LogP contribution in [0.15, 0.2) is 42.0 Å². The summed E-state index contributed by atoms with van der Waals surface area (Å²) in [4.78, 5) is 25.3. The van der Waals surface area contributed by atoms with Crippen LogP contribution in [-0.4, -0.2) is 48.1 Å². The number of ether oxygens (including phenoxy) is 1. The molecule has 1 saturated carbocycles. The van der Waals surface area contributed by atoms with Gasteiger partial charge in [-0.25, -0.2) is 9.59 Å². The number of nitrogens with zero attached hydrogens (tertiary/aromatic N) is 1. The molecule has 0 saturated heterocycles. The number of hydrogen-bond acceptors (Lipinski definition) is 5. The maximum atomic E-state index is 12.0. The molecule has 30 heavy (non-hydrogen) atoms. The number of rotatable bonds is 4. The molecule has 0 aromatic heterocycles. The Morgan fingerprint density at radius 1 is 1.03 bits per heavy atom. The Balaban J connectivity index is 1.98. The topological polar surface area (TPSA) is 111 Å². The Kier molecular flexibility index (Phi) is 4.81. The molecule has 1 aliphatic carbocycles. The van der Waals surface area contributed by atoms with E-state index in [0.29, 0.717) is 36.3 Å². The zero-order valence-corrected chi connectivity index (χ0v) is 16.7. The summed E-state index contributed by atoms with van der Waals surface area (Å²) >= 11 is 0. The minimum absolute atomic E-state index is 0.0543. The SMILES string of the molecule is CN(C)c1ccc2c(c1)OC1CC(=N)CCC1=C2c1ccc(C(=O)O)cc1C(=O)O. The minimum atomic E-state index is -1.18. The van der Waals surface area contributed by atoms with Crippen molar-refractivity contribution in [1.29, 1.82) is 5.41 Å². The summed E-state index contributed by atoms with van der Waals surface area (Å²) in [5.74, 6) is -1.72. The number of nitrogens with one attached hydrogen (secondary N) is 1. The van der Waals surface area contributed by atoms with Crippen molar-refractivity contribution in [2.75, 3.05) is 19.0 Å². The molecule has 0 spiro atoms. The van der Waals surface area contributed by atoms with Gasteiger partial charge in [0.05, 0.1) is 11.1 Å². The van der Waals surface area contributed by atoms with Gasteiger partial charge in [0.2, 0.25) is 0 Å². The fraction of sp³-hybridized carbons (Fsp3) is 0.261. The van der Waals surface area contributed by atoms with Crippen molar-refractivity contribution in [3.8, 4) is 5.75 Å². The number of carbonyl (C=O) groups is 2. The highest BCUT2D eigenvalue weighted by Gasteiger charge is 2.34. The summed E-state index contributed by atoms with van der Waals surface area (Å²) in [6, 6.07) is 9.98. The lowest BCUT2D eigenvalue weighted by Gasteiger charge is -2.35. The van der Waals surface area contributed by atoms with Crippen molar-refractivity contribution in [2.45, 2.75) is 25.4 Å². The smallest absolute Gasteiger partial charge is 0.336 e. The van der Waals surface area contributed by atoms with E-state index in [1.807, 2.05) is 37.2 Å². The molecule has 0 radical (unpaired) electrons. The van der Waals surface area contributed by atoms with Crippen molar-refractivity contribution in [3.05, 3.63) is 64.2 Å². The monoisotopic (exact) mass is 406 g/mol. The zero-order valence-electron chi connectivity index (χ0n) is 16.7. The Morgan fingerprint density at radius 3 is 2.43 bits per heavy atom. The molecule has 1 atom stereocenters. The molecule has 2 aromatic carbocycles. The fourth-order valence-corrected chi connectivity index (χ4v) is 4.10. The summed E-state index contributed by atoms with van der Waals surface area (Å²) < 4.78 is 6.24. The Morgan fingerprint density at radius 2 is 1.77 bits per heavy atom. The largest absolute Gasteiger partial charge is 0.485 e. The molecule has 1 heterocycles. The van der Waals surface area contributed by atoms with Gasteiger partial charge in [-0.15, -0.1) is 0 Å². The van der Waals surface area contributed by atoms with Crippen LogP contribution in [0.25, 0.3) is 5.57 Å². The molecule has 7 heteroatoms. The lowest BCUT2D eigenvalue weighted by atomic mass is 9.79. The van der Waals surface area contributed by atoms with Crippen molar-refractivity contribution < 1.29 is 24.5 Å². The number of fused-ring (bicyclic) bond motifs is 2. The van der Waals surface area contributed by atoms with E-state index >= 15 is 0 Å². The average molecular weight is 406 g/mol. The second-order valence-corrected chi connectivity index (χ2v) is 7.76. The van der Waals surface area contributed by atoms with Crippen molar-refractivity contribution in [1.82, 2.24) is 0 Å². The summed E-state index contributed by atoms with van der Waals surface area (Å²) in [6.07, 6.45) is 1.33. The van der Waals surface area contributed by atoms with E-state index in [2.05, 4.69) is 0 Å². The minimum Gasteiger partial charge on any atom is -0.485 e. The van der Waals surface area contributed by atoms with E-state index in [-0.39, 0.29) is 17.2 Å². The second kappa shape index (κ2) is 7.33. The fourth-order valence-electron chi connectivity index (χ4n) is 4.10. The third-order valence-corrected chi connectivity index (χ3v) is 5.62. The van der Waals surface area contributed by atoms with Crippen LogP contribution in [0.2, 0.25) is 0 Å². The van der Waals surface area contributed by atoms with Crippen molar-refractivity contribution >= 4 is 28.9 Å². The normalized spacial score (nSPS) is 17.7. The van der Waals surface area contributed by atoms with E-state index in [4.69, 9.17) is 10.1 Å². The molecule has 7 nitrogen and oxygen atoms in total. The van der Waals surface area contributed by atoms with Crippen LogP contribution >= 0.6 is 0 Å². The highest BCUT2D eigenvalue weighted by Crippen LogP contribution is 2.45. The molecular formula is C23H22N2O5. The summed E-state index contributed by atoms with van der Waals surface area (Å²) in [5, 5.41) is 27.2. The number of hydrogen-bond donors (Lipinski definition) is 3. The highest BCUT2D eigenvalue weighted by molar-refractivity contribution is 6.02. The molecule has 1 fully saturated rings. The van der Waals surface area contributed by atoms with Gasteiger partial charge in [-0.3, -0.25) is 0 Å². The van der Waals surface area contributed by atoms with Gasteiger partial charge in [-0.05, 0) is 53.8 Å². The highest BCUT2D eigenvalue weighted by atomic mass is 16.5. The molecule has 4 rings (SSSR count). The molecule has 1 unspecified atom stereocenters. The van der Waals surface area contributed by atoms with Crippen LogP contribution in [-0.2, 0) is 0 Å². The van der Waals surface area contributed by atoms with E-state index in [0.717, 1.165) is 22.4 Å². The van der Waals surface area contributed by atoms with Gasteiger partial charge in [0.1, 0.15) is 11.9 Å². The predicted octanol–water partition coefficient (Wildman–Crippen LogP) is 3.92. The van der Waals surface area contributed by atoms with Crippen LogP contribution < -0.4 is 9.64 Å².